The second-order valence-corrected chi connectivity index (χ2v) is 36.8. The van der Waals surface area contributed by atoms with E-state index in [1.807, 2.05) is 6.07 Å². The fourth-order valence-corrected chi connectivity index (χ4v) is 40.3. The Kier molecular flexibility index (Phi) is 3.91. The number of rotatable bonds is 2. The van der Waals surface area contributed by atoms with E-state index in [-0.39, 0.29) is 0 Å². The van der Waals surface area contributed by atoms with Crippen LogP contribution in [-0.4, -0.2) is 28.2 Å². The van der Waals surface area contributed by atoms with E-state index in [1.165, 1.54) is 32.6 Å². The van der Waals surface area contributed by atoms with Gasteiger partial charge in [0.15, 0.2) is 0 Å². The molecule has 2 nitrogen and oxygen atoms in total. The van der Waals surface area contributed by atoms with Gasteiger partial charge in [0.1, 0.15) is 0 Å². The van der Waals surface area contributed by atoms with Crippen molar-refractivity contribution < 1.29 is 4.79 Å². The first-order chi connectivity index (χ1) is 12.5. The van der Waals surface area contributed by atoms with Crippen molar-refractivity contribution in [3.63, 3.8) is 0 Å². The van der Waals surface area contributed by atoms with Crippen LogP contribution in [0.1, 0.15) is 21.5 Å². The van der Waals surface area contributed by atoms with Gasteiger partial charge in [-0.25, -0.2) is 0 Å². The van der Waals surface area contributed by atoms with E-state index in [0.717, 1.165) is 6.42 Å². The molecule has 5 heteroatoms. The third kappa shape index (κ3) is 2.25. The van der Waals surface area contributed by atoms with Gasteiger partial charge >= 0.3 is 0 Å². The smallest absolute Gasteiger partial charge is 0.267 e. The van der Waals surface area contributed by atoms with E-state index < -0.39 is 28.2 Å². The molecule has 4 rings (SSSR count). The molecule has 2 aliphatic rings. The van der Waals surface area contributed by atoms with Crippen molar-refractivity contribution in [2.24, 2.45) is 0 Å². The monoisotopic (exact) mass is 406 g/mol. The molecular formula is C22H28NOSi3. The maximum Gasteiger partial charge on any atom is 0.269 e. The van der Waals surface area contributed by atoms with Gasteiger partial charge in [0.05, 0.1) is 15.2 Å². The van der Waals surface area contributed by atoms with Crippen molar-refractivity contribution >= 4 is 44.6 Å². The fraction of sp³-hybridized carbons (Fsp3) is 0.318. The number of allylic oxidation sites excluding steroid dienone is 1. The van der Waals surface area contributed by atoms with Crippen LogP contribution in [0.3, 0.4) is 0 Å². The van der Waals surface area contributed by atoms with Gasteiger partial charge in [-0.1, -0.05) is 86.1 Å². The Morgan fingerprint density at radius 2 is 1.56 bits per heavy atom. The normalized spacial score (nSPS) is 20.4. The second kappa shape index (κ2) is 5.66. The van der Waals surface area contributed by atoms with Gasteiger partial charge in [-0.2, -0.15) is 0 Å². The average molecular weight is 407 g/mol. The largest absolute Gasteiger partial charge is 0.269 e. The van der Waals surface area contributed by atoms with E-state index in [9.17, 15) is 4.79 Å². The highest BCUT2D eigenvalue weighted by molar-refractivity contribution is 7.76. The molecule has 1 heterocycles. The molecule has 0 atom stereocenters. The summed E-state index contributed by atoms with van der Waals surface area (Å²) in [5.74, 6) is -0.506. The summed E-state index contributed by atoms with van der Waals surface area (Å²) >= 11 is 0. The lowest BCUT2D eigenvalue weighted by atomic mass is 9.96. The molecule has 1 aliphatic heterocycles. The van der Waals surface area contributed by atoms with Crippen LogP contribution in [-0.2, 0) is 6.42 Å². The molecule has 0 spiro atoms. The summed E-state index contributed by atoms with van der Waals surface area (Å²) in [6.45, 7) is 15.1. The van der Waals surface area contributed by atoms with Gasteiger partial charge in [0, 0.05) is 12.7 Å². The first kappa shape index (κ1) is 18.7. The maximum absolute atomic E-state index is 12.3. The summed E-state index contributed by atoms with van der Waals surface area (Å²) < 4.78 is 0. The van der Waals surface area contributed by atoms with Gasteiger partial charge < -0.3 is 0 Å². The Morgan fingerprint density at radius 3 is 2.22 bits per heavy atom. The van der Waals surface area contributed by atoms with Gasteiger partial charge in [0.2, 0.25) is 0 Å². The Labute approximate surface area is 165 Å². The first-order valence-electron chi connectivity index (χ1n) is 9.74. The van der Waals surface area contributed by atoms with E-state index in [4.69, 9.17) is 5.73 Å². The molecule has 0 saturated heterocycles. The molecule has 27 heavy (non-hydrogen) atoms. The van der Waals surface area contributed by atoms with Crippen molar-refractivity contribution in [2.75, 3.05) is 0 Å². The van der Waals surface area contributed by atoms with Crippen LogP contribution < -0.4 is 16.1 Å². The molecular weight excluding hydrogens is 379 g/mol. The Hall–Kier alpha value is -1.70. The van der Waals surface area contributed by atoms with E-state index in [0.29, 0.717) is 5.56 Å². The van der Waals surface area contributed by atoms with Crippen LogP contribution in [0.25, 0.3) is 17.2 Å². The van der Waals surface area contributed by atoms with Crippen LogP contribution in [0, 0.1) is 0 Å². The molecule has 0 bridgehead atoms. The van der Waals surface area contributed by atoms with Crippen LogP contribution in [0.2, 0.25) is 39.3 Å². The third-order valence-corrected chi connectivity index (χ3v) is 49.5. The predicted octanol–water partition coefficient (Wildman–Crippen LogP) is 4.06. The number of benzene rings is 2. The van der Waals surface area contributed by atoms with Gasteiger partial charge in [-0.3, -0.25) is 10.5 Å². The van der Waals surface area contributed by atoms with E-state index in [1.54, 1.807) is 0 Å². The molecule has 0 saturated carbocycles. The van der Waals surface area contributed by atoms with Crippen LogP contribution >= 0.6 is 0 Å². The van der Waals surface area contributed by atoms with Crippen LogP contribution in [0.5, 0.6) is 0 Å². The number of carbonyl (C=O) groups excluding carboxylic acids is 1. The highest BCUT2D eigenvalue weighted by atomic mass is 29.6. The molecule has 1 N–H and O–H groups in total. The summed E-state index contributed by atoms with van der Waals surface area (Å²) in [7, 11) is -5.04. The number of hydrogen-bond acceptors (Lipinski definition) is 1. The zero-order chi connectivity index (χ0) is 19.8. The third-order valence-electron chi connectivity index (χ3n) is 7.93. The highest BCUT2D eigenvalue weighted by Crippen LogP contribution is 2.39. The topological polar surface area (TPSA) is 40.9 Å². The average Bonchev–Trinajstić information content (AvgIpc) is 3.11. The minimum Gasteiger partial charge on any atom is -0.267 e. The summed E-state index contributed by atoms with van der Waals surface area (Å²) in [6, 6.07) is 10.7. The standard InChI is InChI=1S/C22H28NOSi3/c1-25(2)20-18(17-12-8-10-15-9-7-11-16(15)17)13-14-19(22(23)24)21(20)26(3,4)27(25,5)6/h7-8,10-14,23H,9H2,1-6H3. The van der Waals surface area contributed by atoms with Gasteiger partial charge in [0.25, 0.3) is 5.91 Å². The summed E-state index contributed by atoms with van der Waals surface area (Å²) in [6.07, 6.45) is 5.52. The lowest BCUT2D eigenvalue weighted by molar-refractivity contribution is 0.0993. The molecule has 0 unspecified atom stereocenters. The number of fused-ring (bicyclic) bond motifs is 2. The maximum atomic E-state index is 12.3. The molecule has 0 aromatic heterocycles. The number of hydrogen-bond donors (Lipinski definition) is 0. The molecule has 1 aliphatic carbocycles. The minimum absolute atomic E-state index is 0.506. The van der Waals surface area contributed by atoms with Crippen molar-refractivity contribution in [1.82, 2.24) is 5.73 Å². The summed E-state index contributed by atoms with van der Waals surface area (Å²) in [5.41, 5.74) is 14.0. The molecule has 1 amide bonds. The van der Waals surface area contributed by atoms with Crippen LogP contribution in [0.15, 0.2) is 36.4 Å². The van der Waals surface area contributed by atoms with Crippen LogP contribution in [0.4, 0.5) is 0 Å². The molecule has 139 valence electrons. The fourth-order valence-electron chi connectivity index (χ4n) is 5.25. The van der Waals surface area contributed by atoms with E-state index >= 15 is 0 Å². The minimum atomic E-state index is -1.78. The quantitative estimate of drug-likeness (QED) is 0.694. The van der Waals surface area contributed by atoms with Gasteiger partial charge in [-0.15, -0.1) is 0 Å². The number of nitrogens with one attached hydrogen (secondary N) is 1. The molecule has 0 fully saturated rings. The summed E-state index contributed by atoms with van der Waals surface area (Å²) in [5, 5.41) is 2.83. The number of carbonyl (C=O) groups is 1. The Balaban J connectivity index is 2.14. The molecule has 2 aromatic rings. The lowest BCUT2D eigenvalue weighted by Gasteiger charge is -2.40. The zero-order valence-electron chi connectivity index (χ0n) is 17.2. The van der Waals surface area contributed by atoms with Crippen molar-refractivity contribution in [3.05, 3.63) is 53.1 Å². The Morgan fingerprint density at radius 1 is 0.889 bits per heavy atom. The second-order valence-electron chi connectivity index (χ2n) is 9.60. The predicted molar refractivity (Wildman–Crippen MR) is 124 cm³/mol. The molecule has 1 radical (unpaired) electrons. The van der Waals surface area contributed by atoms with Crippen molar-refractivity contribution in [2.45, 2.75) is 45.7 Å². The molecule has 2 aromatic carbocycles. The summed E-state index contributed by atoms with van der Waals surface area (Å²) in [4.78, 5) is 12.3. The van der Waals surface area contributed by atoms with Crippen molar-refractivity contribution in [3.8, 4) is 11.1 Å². The zero-order valence-corrected chi connectivity index (χ0v) is 20.2. The SMILES string of the molecule is C[Si]1(C)c2c(C([NH])=O)ccc(-c3cccc4c3C=CC4)c2[Si](C)(C)[Si]1(C)C. The number of amides is 1. The first-order valence-corrected chi connectivity index (χ1v) is 20.7. The van der Waals surface area contributed by atoms with E-state index in [2.05, 4.69) is 75.7 Å². The lowest BCUT2D eigenvalue weighted by Crippen LogP contribution is -2.68. The van der Waals surface area contributed by atoms with Crippen molar-refractivity contribution in [1.29, 1.82) is 0 Å². The van der Waals surface area contributed by atoms with Gasteiger partial charge in [-0.05, 0) is 34.7 Å². The highest BCUT2D eigenvalue weighted by Gasteiger charge is 2.62. The Bertz CT molecular complexity index is 1020.